The SMILES string of the molecule is NC(=O)c1cc2ccccc2n1CC(F)F. The van der Waals surface area contributed by atoms with Crippen molar-refractivity contribution in [3.63, 3.8) is 0 Å². The van der Waals surface area contributed by atoms with E-state index in [1.165, 1.54) is 10.6 Å². The zero-order valence-electron chi connectivity index (χ0n) is 8.36. The minimum absolute atomic E-state index is 0.113. The van der Waals surface area contributed by atoms with Gasteiger partial charge in [0.2, 0.25) is 0 Å². The summed E-state index contributed by atoms with van der Waals surface area (Å²) in [5, 5.41) is 0.733. The Bertz CT molecular complexity index is 534. The van der Waals surface area contributed by atoms with Crippen molar-refractivity contribution in [2.75, 3.05) is 0 Å². The van der Waals surface area contributed by atoms with Crippen molar-refractivity contribution in [1.29, 1.82) is 0 Å². The maximum absolute atomic E-state index is 12.4. The molecule has 1 amide bonds. The lowest BCUT2D eigenvalue weighted by molar-refractivity contribution is 0.0978. The Kier molecular flexibility index (Phi) is 2.60. The van der Waals surface area contributed by atoms with E-state index in [0.717, 1.165) is 5.39 Å². The molecule has 0 unspecified atom stereocenters. The molecule has 0 aliphatic rings. The van der Waals surface area contributed by atoms with E-state index in [1.54, 1.807) is 24.3 Å². The number of hydrogen-bond donors (Lipinski definition) is 1. The summed E-state index contributed by atoms with van der Waals surface area (Å²) in [5.41, 5.74) is 5.86. The van der Waals surface area contributed by atoms with Crippen LogP contribution in [0, 0.1) is 0 Å². The summed E-state index contributed by atoms with van der Waals surface area (Å²) in [6, 6.07) is 8.48. The first-order valence-corrected chi connectivity index (χ1v) is 4.76. The van der Waals surface area contributed by atoms with E-state index in [-0.39, 0.29) is 5.69 Å². The van der Waals surface area contributed by atoms with Gasteiger partial charge in [-0.2, -0.15) is 0 Å². The number of carbonyl (C=O) groups excluding carboxylic acids is 1. The van der Waals surface area contributed by atoms with Crippen LogP contribution in [0.4, 0.5) is 8.78 Å². The maximum atomic E-state index is 12.4. The Balaban J connectivity index is 2.64. The molecule has 2 N–H and O–H groups in total. The number of carbonyl (C=O) groups is 1. The zero-order valence-corrected chi connectivity index (χ0v) is 8.36. The van der Waals surface area contributed by atoms with Crippen molar-refractivity contribution in [2.24, 2.45) is 5.73 Å². The van der Waals surface area contributed by atoms with Crippen LogP contribution in [-0.2, 0) is 6.54 Å². The van der Waals surface area contributed by atoms with Gasteiger partial charge < -0.3 is 10.3 Å². The minimum Gasteiger partial charge on any atom is -0.364 e. The third-order valence-electron chi connectivity index (χ3n) is 2.38. The lowest BCUT2D eigenvalue weighted by atomic mass is 10.2. The van der Waals surface area contributed by atoms with E-state index in [0.29, 0.717) is 5.52 Å². The van der Waals surface area contributed by atoms with Crippen molar-refractivity contribution >= 4 is 16.8 Å². The molecule has 5 heteroatoms. The van der Waals surface area contributed by atoms with Crippen LogP contribution in [0.1, 0.15) is 10.5 Å². The highest BCUT2D eigenvalue weighted by molar-refractivity contribution is 5.97. The monoisotopic (exact) mass is 224 g/mol. The van der Waals surface area contributed by atoms with E-state index in [1.807, 2.05) is 0 Å². The molecule has 0 saturated carbocycles. The predicted molar refractivity (Wildman–Crippen MR) is 56.5 cm³/mol. The number of nitrogens with two attached hydrogens (primary N) is 1. The van der Waals surface area contributed by atoms with Gasteiger partial charge in [-0.1, -0.05) is 18.2 Å². The number of alkyl halides is 2. The molecule has 1 aromatic heterocycles. The van der Waals surface area contributed by atoms with E-state index in [2.05, 4.69) is 0 Å². The van der Waals surface area contributed by atoms with Crippen LogP contribution in [0.3, 0.4) is 0 Å². The van der Waals surface area contributed by atoms with Gasteiger partial charge in [-0.3, -0.25) is 4.79 Å². The Morgan fingerprint density at radius 3 is 2.69 bits per heavy atom. The normalized spacial score (nSPS) is 11.2. The number of para-hydroxylation sites is 1. The Morgan fingerprint density at radius 1 is 1.38 bits per heavy atom. The molecule has 0 atom stereocenters. The average Bonchev–Trinajstić information content (AvgIpc) is 2.57. The number of nitrogens with zero attached hydrogens (tertiary/aromatic N) is 1. The first-order chi connectivity index (χ1) is 7.59. The fraction of sp³-hybridized carbons (Fsp3) is 0.182. The molecule has 0 radical (unpaired) electrons. The molecule has 0 aliphatic carbocycles. The second kappa shape index (κ2) is 3.92. The molecule has 0 bridgehead atoms. The van der Waals surface area contributed by atoms with Crippen LogP contribution >= 0.6 is 0 Å². The van der Waals surface area contributed by atoms with Crippen molar-refractivity contribution < 1.29 is 13.6 Å². The summed E-state index contributed by atoms with van der Waals surface area (Å²) in [5.74, 6) is -0.697. The third kappa shape index (κ3) is 1.76. The predicted octanol–water partition coefficient (Wildman–Crippen LogP) is 2.01. The lowest BCUT2D eigenvalue weighted by Gasteiger charge is -2.07. The topological polar surface area (TPSA) is 48.0 Å². The summed E-state index contributed by atoms with van der Waals surface area (Å²) >= 11 is 0. The van der Waals surface area contributed by atoms with Crippen molar-refractivity contribution in [3.05, 3.63) is 36.0 Å². The fourth-order valence-corrected chi connectivity index (χ4v) is 1.75. The smallest absolute Gasteiger partial charge is 0.265 e. The van der Waals surface area contributed by atoms with Crippen LogP contribution < -0.4 is 5.73 Å². The third-order valence-corrected chi connectivity index (χ3v) is 2.38. The summed E-state index contributed by atoms with van der Waals surface area (Å²) in [7, 11) is 0. The number of hydrogen-bond acceptors (Lipinski definition) is 1. The number of fused-ring (bicyclic) bond motifs is 1. The second-order valence-corrected chi connectivity index (χ2v) is 3.45. The van der Waals surface area contributed by atoms with Crippen LogP contribution in [0.25, 0.3) is 10.9 Å². The number of amides is 1. The Morgan fingerprint density at radius 2 is 2.06 bits per heavy atom. The molecule has 0 saturated heterocycles. The largest absolute Gasteiger partial charge is 0.364 e. The molecule has 0 aliphatic heterocycles. The maximum Gasteiger partial charge on any atom is 0.265 e. The van der Waals surface area contributed by atoms with E-state index in [4.69, 9.17) is 5.73 Å². The highest BCUT2D eigenvalue weighted by Gasteiger charge is 2.15. The van der Waals surface area contributed by atoms with Gasteiger partial charge in [-0.25, -0.2) is 8.78 Å². The van der Waals surface area contributed by atoms with Gasteiger partial charge in [0.15, 0.2) is 0 Å². The van der Waals surface area contributed by atoms with Gasteiger partial charge in [0.25, 0.3) is 12.3 Å². The van der Waals surface area contributed by atoms with Crippen LogP contribution in [0.2, 0.25) is 0 Å². The second-order valence-electron chi connectivity index (χ2n) is 3.45. The van der Waals surface area contributed by atoms with E-state index < -0.39 is 18.9 Å². The van der Waals surface area contributed by atoms with Crippen LogP contribution in [0.5, 0.6) is 0 Å². The fourth-order valence-electron chi connectivity index (χ4n) is 1.75. The molecule has 1 heterocycles. The number of halogens is 2. The van der Waals surface area contributed by atoms with Gasteiger partial charge in [0.1, 0.15) is 5.69 Å². The van der Waals surface area contributed by atoms with E-state index in [9.17, 15) is 13.6 Å². The van der Waals surface area contributed by atoms with Crippen molar-refractivity contribution in [3.8, 4) is 0 Å². The molecule has 2 aromatic rings. The molecule has 16 heavy (non-hydrogen) atoms. The van der Waals surface area contributed by atoms with Gasteiger partial charge in [0.05, 0.1) is 6.54 Å². The molecule has 2 rings (SSSR count). The highest BCUT2D eigenvalue weighted by atomic mass is 19.3. The highest BCUT2D eigenvalue weighted by Crippen LogP contribution is 2.20. The summed E-state index contributed by atoms with van der Waals surface area (Å²) < 4.78 is 26.0. The zero-order chi connectivity index (χ0) is 11.7. The summed E-state index contributed by atoms with van der Waals surface area (Å²) in [4.78, 5) is 11.1. The summed E-state index contributed by atoms with van der Waals surface area (Å²) in [6.07, 6.45) is -2.52. The van der Waals surface area contributed by atoms with Gasteiger partial charge in [-0.15, -0.1) is 0 Å². The first kappa shape index (κ1) is 10.6. The van der Waals surface area contributed by atoms with Crippen LogP contribution in [-0.4, -0.2) is 16.9 Å². The van der Waals surface area contributed by atoms with Gasteiger partial charge in [0, 0.05) is 10.9 Å². The molecule has 3 nitrogen and oxygen atoms in total. The number of aromatic nitrogens is 1. The Hall–Kier alpha value is -1.91. The average molecular weight is 224 g/mol. The molecule has 0 fully saturated rings. The molecule has 0 spiro atoms. The van der Waals surface area contributed by atoms with Gasteiger partial charge in [-0.05, 0) is 12.1 Å². The van der Waals surface area contributed by atoms with Crippen LogP contribution in [0.15, 0.2) is 30.3 Å². The molecular weight excluding hydrogens is 214 g/mol. The van der Waals surface area contributed by atoms with Gasteiger partial charge >= 0.3 is 0 Å². The van der Waals surface area contributed by atoms with E-state index >= 15 is 0 Å². The molecule has 84 valence electrons. The van der Waals surface area contributed by atoms with Crippen molar-refractivity contribution in [2.45, 2.75) is 13.0 Å². The standard InChI is InChI=1S/C11H10F2N2O/c12-10(13)6-15-8-4-2-1-3-7(8)5-9(15)11(14)16/h1-5,10H,6H2,(H2,14,16). The number of benzene rings is 1. The molecule has 1 aromatic carbocycles. The first-order valence-electron chi connectivity index (χ1n) is 4.76. The lowest BCUT2D eigenvalue weighted by Crippen LogP contribution is -2.19. The minimum atomic E-state index is -2.52. The Labute approximate surface area is 90.5 Å². The number of rotatable bonds is 3. The number of primary amides is 1. The van der Waals surface area contributed by atoms with Crippen molar-refractivity contribution in [1.82, 2.24) is 4.57 Å². The molecular formula is C11H10F2N2O. The quantitative estimate of drug-likeness (QED) is 0.851. The summed E-state index contributed by atoms with van der Waals surface area (Å²) in [6.45, 7) is -0.522.